The van der Waals surface area contributed by atoms with Gasteiger partial charge in [0, 0.05) is 12.6 Å². The van der Waals surface area contributed by atoms with E-state index >= 15 is 0 Å². The summed E-state index contributed by atoms with van der Waals surface area (Å²) in [6.45, 7) is 1.46. The van der Waals surface area contributed by atoms with Gasteiger partial charge in [0.25, 0.3) is 0 Å². The standard InChI is InChI=1S/C16H19NO3/c1-18-14-5-3-7-16(11-14)20-9-8-19-15-6-2-4-13(10-15)12-17/h2-7,10-11H,8-9,12,17H2,1H3. The third-order valence-electron chi connectivity index (χ3n) is 2.80. The molecule has 2 aromatic carbocycles. The van der Waals surface area contributed by atoms with Gasteiger partial charge in [-0.3, -0.25) is 0 Å². The van der Waals surface area contributed by atoms with E-state index in [9.17, 15) is 0 Å². The zero-order valence-electron chi connectivity index (χ0n) is 11.5. The predicted molar refractivity (Wildman–Crippen MR) is 78.3 cm³/mol. The summed E-state index contributed by atoms with van der Waals surface area (Å²) in [6.07, 6.45) is 0. The van der Waals surface area contributed by atoms with Crippen LogP contribution in [-0.4, -0.2) is 20.3 Å². The largest absolute Gasteiger partial charge is 0.497 e. The maximum absolute atomic E-state index is 5.61. The molecule has 4 nitrogen and oxygen atoms in total. The smallest absolute Gasteiger partial charge is 0.123 e. The Morgan fingerprint density at radius 2 is 1.45 bits per heavy atom. The van der Waals surface area contributed by atoms with Crippen molar-refractivity contribution in [2.45, 2.75) is 6.54 Å². The van der Waals surface area contributed by atoms with Gasteiger partial charge in [0.1, 0.15) is 30.5 Å². The summed E-state index contributed by atoms with van der Waals surface area (Å²) in [5.41, 5.74) is 6.64. The zero-order chi connectivity index (χ0) is 14.2. The summed E-state index contributed by atoms with van der Waals surface area (Å²) in [7, 11) is 1.63. The molecule has 2 aromatic rings. The minimum absolute atomic E-state index is 0.472. The first kappa shape index (κ1) is 14.2. The van der Waals surface area contributed by atoms with Crippen LogP contribution in [0, 0.1) is 0 Å². The molecule has 2 N–H and O–H groups in total. The van der Waals surface area contributed by atoms with Crippen LogP contribution in [0.5, 0.6) is 17.2 Å². The lowest BCUT2D eigenvalue weighted by atomic mass is 10.2. The van der Waals surface area contributed by atoms with Crippen LogP contribution in [0.4, 0.5) is 0 Å². The molecule has 0 aliphatic rings. The molecule has 0 aliphatic carbocycles. The van der Waals surface area contributed by atoms with Gasteiger partial charge in [-0.2, -0.15) is 0 Å². The van der Waals surface area contributed by atoms with Crippen LogP contribution in [0.3, 0.4) is 0 Å². The maximum Gasteiger partial charge on any atom is 0.123 e. The molecule has 0 heterocycles. The van der Waals surface area contributed by atoms with Crippen molar-refractivity contribution in [2.75, 3.05) is 20.3 Å². The first-order valence-corrected chi connectivity index (χ1v) is 6.50. The Hall–Kier alpha value is -2.20. The molecule has 0 atom stereocenters. The second-order valence-corrected chi connectivity index (χ2v) is 4.23. The quantitative estimate of drug-likeness (QED) is 0.788. The molecule has 0 unspecified atom stereocenters. The number of rotatable bonds is 7. The molecule has 0 saturated heterocycles. The molecule has 20 heavy (non-hydrogen) atoms. The lowest BCUT2D eigenvalue weighted by Gasteiger charge is -2.10. The van der Waals surface area contributed by atoms with Crippen molar-refractivity contribution >= 4 is 0 Å². The van der Waals surface area contributed by atoms with Gasteiger partial charge in [0.05, 0.1) is 7.11 Å². The normalized spacial score (nSPS) is 10.1. The highest BCUT2D eigenvalue weighted by molar-refractivity contribution is 5.32. The lowest BCUT2D eigenvalue weighted by Crippen LogP contribution is -2.09. The molecule has 0 aromatic heterocycles. The number of hydrogen-bond acceptors (Lipinski definition) is 4. The third kappa shape index (κ3) is 4.17. The van der Waals surface area contributed by atoms with E-state index in [1.807, 2.05) is 48.5 Å². The van der Waals surface area contributed by atoms with Crippen molar-refractivity contribution in [3.63, 3.8) is 0 Å². The highest BCUT2D eigenvalue weighted by Crippen LogP contribution is 2.19. The molecular weight excluding hydrogens is 254 g/mol. The highest BCUT2D eigenvalue weighted by Gasteiger charge is 1.98. The van der Waals surface area contributed by atoms with Gasteiger partial charge in [-0.15, -0.1) is 0 Å². The second kappa shape index (κ2) is 7.40. The molecule has 0 radical (unpaired) electrons. The lowest BCUT2D eigenvalue weighted by molar-refractivity contribution is 0.216. The van der Waals surface area contributed by atoms with E-state index in [0.717, 1.165) is 22.8 Å². The van der Waals surface area contributed by atoms with Crippen LogP contribution in [0.15, 0.2) is 48.5 Å². The Morgan fingerprint density at radius 1 is 0.850 bits per heavy atom. The van der Waals surface area contributed by atoms with Gasteiger partial charge in [-0.1, -0.05) is 18.2 Å². The van der Waals surface area contributed by atoms with Crippen molar-refractivity contribution in [2.24, 2.45) is 5.73 Å². The molecule has 0 amide bonds. The highest BCUT2D eigenvalue weighted by atomic mass is 16.5. The Bertz CT molecular complexity index is 493. The summed E-state index contributed by atoms with van der Waals surface area (Å²) in [5.74, 6) is 2.35. The predicted octanol–water partition coefficient (Wildman–Crippen LogP) is 2.61. The van der Waals surface area contributed by atoms with Gasteiger partial charge < -0.3 is 19.9 Å². The van der Waals surface area contributed by atoms with Gasteiger partial charge in [-0.25, -0.2) is 0 Å². The second-order valence-electron chi connectivity index (χ2n) is 4.23. The van der Waals surface area contributed by atoms with E-state index in [2.05, 4.69) is 0 Å². The Kier molecular flexibility index (Phi) is 5.26. The molecule has 0 bridgehead atoms. The summed E-state index contributed by atoms with van der Waals surface area (Å²) in [5, 5.41) is 0. The van der Waals surface area contributed by atoms with Gasteiger partial charge in [-0.05, 0) is 29.8 Å². The summed E-state index contributed by atoms with van der Waals surface area (Å²) in [6, 6.07) is 15.2. The monoisotopic (exact) mass is 273 g/mol. The number of methoxy groups -OCH3 is 1. The molecular formula is C16H19NO3. The first-order valence-electron chi connectivity index (χ1n) is 6.50. The fraction of sp³-hybridized carbons (Fsp3) is 0.250. The number of ether oxygens (including phenoxy) is 3. The van der Waals surface area contributed by atoms with E-state index in [-0.39, 0.29) is 0 Å². The summed E-state index contributed by atoms with van der Waals surface area (Å²) in [4.78, 5) is 0. The average Bonchev–Trinajstić information content (AvgIpc) is 2.52. The van der Waals surface area contributed by atoms with Crippen LogP contribution in [-0.2, 0) is 6.54 Å². The van der Waals surface area contributed by atoms with E-state index in [1.54, 1.807) is 7.11 Å². The number of benzene rings is 2. The molecule has 0 spiro atoms. The molecule has 0 aliphatic heterocycles. The fourth-order valence-corrected chi connectivity index (χ4v) is 1.77. The maximum atomic E-state index is 5.61. The molecule has 2 rings (SSSR count). The third-order valence-corrected chi connectivity index (χ3v) is 2.80. The van der Waals surface area contributed by atoms with Crippen LogP contribution in [0.25, 0.3) is 0 Å². The minimum atomic E-state index is 0.472. The van der Waals surface area contributed by atoms with Crippen LogP contribution in [0.1, 0.15) is 5.56 Å². The van der Waals surface area contributed by atoms with Crippen molar-refractivity contribution in [1.29, 1.82) is 0 Å². The van der Waals surface area contributed by atoms with Crippen molar-refractivity contribution in [1.82, 2.24) is 0 Å². The van der Waals surface area contributed by atoms with Crippen molar-refractivity contribution in [3.05, 3.63) is 54.1 Å². The van der Waals surface area contributed by atoms with Crippen LogP contribution in [0.2, 0.25) is 0 Å². The Balaban J connectivity index is 1.78. The SMILES string of the molecule is COc1cccc(OCCOc2cccc(CN)c2)c1. The Morgan fingerprint density at radius 3 is 2.10 bits per heavy atom. The summed E-state index contributed by atoms with van der Waals surface area (Å²) >= 11 is 0. The Labute approximate surface area is 119 Å². The van der Waals surface area contributed by atoms with Crippen LogP contribution < -0.4 is 19.9 Å². The van der Waals surface area contributed by atoms with Crippen molar-refractivity contribution in [3.8, 4) is 17.2 Å². The van der Waals surface area contributed by atoms with Crippen LogP contribution >= 0.6 is 0 Å². The van der Waals surface area contributed by atoms with Crippen molar-refractivity contribution < 1.29 is 14.2 Å². The first-order chi connectivity index (χ1) is 9.81. The summed E-state index contributed by atoms with van der Waals surface area (Å²) < 4.78 is 16.3. The van der Waals surface area contributed by atoms with Gasteiger partial charge >= 0.3 is 0 Å². The van der Waals surface area contributed by atoms with E-state index in [1.165, 1.54) is 0 Å². The number of nitrogens with two attached hydrogens (primary N) is 1. The van der Waals surface area contributed by atoms with Gasteiger partial charge in [0.2, 0.25) is 0 Å². The average molecular weight is 273 g/mol. The number of hydrogen-bond donors (Lipinski definition) is 1. The molecule has 106 valence electrons. The van der Waals surface area contributed by atoms with E-state index < -0.39 is 0 Å². The van der Waals surface area contributed by atoms with Gasteiger partial charge in [0.15, 0.2) is 0 Å². The van der Waals surface area contributed by atoms with E-state index in [4.69, 9.17) is 19.9 Å². The zero-order valence-corrected chi connectivity index (χ0v) is 11.5. The van der Waals surface area contributed by atoms with E-state index in [0.29, 0.717) is 19.8 Å². The topological polar surface area (TPSA) is 53.7 Å². The minimum Gasteiger partial charge on any atom is -0.497 e. The fourth-order valence-electron chi connectivity index (χ4n) is 1.77. The molecule has 0 fully saturated rings. The molecule has 0 saturated carbocycles. The molecule has 4 heteroatoms.